The van der Waals surface area contributed by atoms with Crippen LogP contribution in [0.15, 0.2) is 170 Å². The lowest BCUT2D eigenvalue weighted by Crippen LogP contribution is -2.23. The third kappa shape index (κ3) is 6.05. The van der Waals surface area contributed by atoms with Gasteiger partial charge in [0.15, 0.2) is 0 Å². The number of rotatable bonds is 7. The van der Waals surface area contributed by atoms with Gasteiger partial charge in [-0.05, 0) is 161 Å². The Bertz CT molecular complexity index is 2740. The molecule has 0 saturated carbocycles. The first-order chi connectivity index (χ1) is 27.5. The van der Waals surface area contributed by atoms with E-state index in [9.17, 15) is 0 Å². The van der Waals surface area contributed by atoms with Crippen molar-refractivity contribution in [3.63, 3.8) is 0 Å². The summed E-state index contributed by atoms with van der Waals surface area (Å²) in [7, 11) is 0. The van der Waals surface area contributed by atoms with E-state index < -0.39 is 0 Å². The summed E-state index contributed by atoms with van der Waals surface area (Å²) in [4.78, 5) is 7.22. The van der Waals surface area contributed by atoms with Crippen LogP contribution < -0.4 is 4.90 Å². The van der Waals surface area contributed by atoms with Crippen LogP contribution in [0.1, 0.15) is 60.7 Å². The Kier molecular flexibility index (Phi) is 9.23. The molecule has 3 aliphatic rings. The Balaban J connectivity index is 1.10. The standard InChI is InChI=1S/C53H47N3/c1-6-9-17-51-36(5)35(4)16-12-10-11-13-28-55(51)43-25-23-41-29-39-21-19-37(31-46(39)48(41)33-43)38-20-22-40-30-42-24-26-44(34-49(42)47(40)32-38)56-50(8-3)45(15-7-2)53-52(56)18-14-27-54-53/h6-7,9-15,17-27,31-34H,1,4,8,16,28-30H2,2-3,5H3/b12-10-,13-11-,15-7-,17-9-,51-36-. The van der Waals surface area contributed by atoms with Crippen molar-refractivity contribution < 1.29 is 0 Å². The van der Waals surface area contributed by atoms with E-state index >= 15 is 0 Å². The van der Waals surface area contributed by atoms with E-state index in [-0.39, 0.29) is 0 Å². The van der Waals surface area contributed by atoms with Gasteiger partial charge in [0, 0.05) is 41.1 Å². The van der Waals surface area contributed by atoms with Gasteiger partial charge in [-0.2, -0.15) is 0 Å². The largest absolute Gasteiger partial charge is 0.337 e. The average Bonchev–Trinajstić information content (AvgIpc) is 3.89. The Hall–Kier alpha value is -6.45. The summed E-state index contributed by atoms with van der Waals surface area (Å²) in [6, 6.07) is 32.4. The van der Waals surface area contributed by atoms with Gasteiger partial charge in [-0.15, -0.1) is 0 Å². The summed E-state index contributed by atoms with van der Waals surface area (Å²) in [5, 5.41) is 0. The molecule has 0 bridgehead atoms. The Morgan fingerprint density at radius 2 is 1.38 bits per heavy atom. The van der Waals surface area contributed by atoms with Crippen molar-refractivity contribution in [3.05, 3.63) is 203 Å². The number of pyridine rings is 1. The Labute approximate surface area is 331 Å². The summed E-state index contributed by atoms with van der Waals surface area (Å²) >= 11 is 0. The van der Waals surface area contributed by atoms with E-state index in [1.165, 1.54) is 83.8 Å². The summed E-state index contributed by atoms with van der Waals surface area (Å²) in [5.74, 6) is 0. The first kappa shape index (κ1) is 35.3. The van der Waals surface area contributed by atoms with Crippen LogP contribution in [0.3, 0.4) is 0 Å². The molecule has 3 heterocycles. The molecule has 4 aromatic carbocycles. The van der Waals surface area contributed by atoms with Crippen LogP contribution in [0.4, 0.5) is 5.69 Å². The van der Waals surface area contributed by atoms with Gasteiger partial charge in [-0.1, -0.05) is 105 Å². The highest BCUT2D eigenvalue weighted by Crippen LogP contribution is 2.44. The fourth-order valence-electron chi connectivity index (χ4n) is 8.94. The molecule has 274 valence electrons. The first-order valence-corrected chi connectivity index (χ1v) is 19.9. The van der Waals surface area contributed by atoms with Gasteiger partial charge in [0.25, 0.3) is 0 Å². The Morgan fingerprint density at radius 1 is 0.750 bits per heavy atom. The van der Waals surface area contributed by atoms with E-state index in [4.69, 9.17) is 4.98 Å². The first-order valence-electron chi connectivity index (χ1n) is 19.9. The molecular weight excluding hydrogens is 679 g/mol. The van der Waals surface area contributed by atoms with E-state index in [0.717, 1.165) is 54.5 Å². The van der Waals surface area contributed by atoms with Gasteiger partial charge in [0.1, 0.15) is 0 Å². The van der Waals surface area contributed by atoms with Crippen molar-refractivity contribution in [2.75, 3.05) is 11.4 Å². The van der Waals surface area contributed by atoms with Crippen molar-refractivity contribution in [1.82, 2.24) is 9.55 Å². The predicted octanol–water partition coefficient (Wildman–Crippen LogP) is 13.3. The number of hydrogen-bond acceptors (Lipinski definition) is 2. The second kappa shape index (κ2) is 14.7. The minimum atomic E-state index is 0.754. The number of benzene rings is 4. The molecule has 9 rings (SSSR count). The zero-order valence-electron chi connectivity index (χ0n) is 32.6. The molecule has 0 spiro atoms. The number of nitrogens with zero attached hydrogens (tertiary/aromatic N) is 3. The lowest BCUT2D eigenvalue weighted by atomic mass is 9.95. The lowest BCUT2D eigenvalue weighted by Gasteiger charge is -2.28. The second-order valence-electron chi connectivity index (χ2n) is 15.1. The van der Waals surface area contributed by atoms with Crippen molar-refractivity contribution in [2.45, 2.75) is 46.5 Å². The maximum absolute atomic E-state index is 4.82. The van der Waals surface area contributed by atoms with Crippen LogP contribution in [0.5, 0.6) is 0 Å². The highest BCUT2D eigenvalue weighted by molar-refractivity contribution is 5.91. The van der Waals surface area contributed by atoms with Crippen LogP contribution in [-0.2, 0) is 19.3 Å². The molecule has 0 saturated heterocycles. The summed E-state index contributed by atoms with van der Waals surface area (Å²) in [5.41, 5.74) is 23.9. The molecule has 0 N–H and O–H groups in total. The maximum atomic E-state index is 4.82. The smallest absolute Gasteiger partial charge is 0.0959 e. The fourth-order valence-corrected chi connectivity index (χ4v) is 8.94. The van der Waals surface area contributed by atoms with Crippen molar-refractivity contribution in [2.24, 2.45) is 0 Å². The van der Waals surface area contributed by atoms with Crippen LogP contribution >= 0.6 is 0 Å². The highest BCUT2D eigenvalue weighted by Gasteiger charge is 2.25. The topological polar surface area (TPSA) is 21.1 Å². The van der Waals surface area contributed by atoms with Crippen LogP contribution in [-0.4, -0.2) is 16.1 Å². The van der Waals surface area contributed by atoms with Gasteiger partial charge < -0.3 is 9.47 Å². The van der Waals surface area contributed by atoms with E-state index in [1.807, 2.05) is 24.4 Å². The number of allylic oxidation sites excluding steroid dienone is 9. The van der Waals surface area contributed by atoms with Crippen molar-refractivity contribution in [1.29, 1.82) is 0 Å². The molecule has 2 aliphatic carbocycles. The molecule has 1 aliphatic heterocycles. The summed E-state index contributed by atoms with van der Waals surface area (Å²) in [6.07, 6.45) is 24.6. The molecule has 3 nitrogen and oxygen atoms in total. The van der Waals surface area contributed by atoms with E-state index in [0.29, 0.717) is 0 Å². The van der Waals surface area contributed by atoms with Crippen LogP contribution in [0, 0.1) is 0 Å². The monoisotopic (exact) mass is 725 g/mol. The molecule has 0 radical (unpaired) electrons. The van der Waals surface area contributed by atoms with E-state index in [1.54, 1.807) is 0 Å². The van der Waals surface area contributed by atoms with Gasteiger partial charge >= 0.3 is 0 Å². The van der Waals surface area contributed by atoms with Gasteiger partial charge in [-0.25, -0.2) is 0 Å². The van der Waals surface area contributed by atoms with E-state index in [2.05, 4.69) is 165 Å². The molecular formula is C53H47N3. The Morgan fingerprint density at radius 3 is 2.04 bits per heavy atom. The minimum absolute atomic E-state index is 0.754. The van der Waals surface area contributed by atoms with Crippen molar-refractivity contribution in [3.8, 4) is 39.1 Å². The molecule has 0 atom stereocenters. The number of fused-ring (bicyclic) bond motifs is 7. The predicted molar refractivity (Wildman–Crippen MR) is 238 cm³/mol. The normalized spacial score (nSPS) is 17.3. The number of hydrogen-bond donors (Lipinski definition) is 0. The summed E-state index contributed by atoms with van der Waals surface area (Å²) in [6.45, 7) is 15.7. The van der Waals surface area contributed by atoms with Gasteiger partial charge in [-0.3, -0.25) is 4.98 Å². The third-order valence-corrected chi connectivity index (χ3v) is 11.8. The minimum Gasteiger partial charge on any atom is -0.337 e. The van der Waals surface area contributed by atoms with Gasteiger partial charge in [0.2, 0.25) is 0 Å². The molecule has 0 amide bonds. The molecule has 2 aromatic heterocycles. The van der Waals surface area contributed by atoms with Crippen LogP contribution in [0.25, 0.3) is 56.2 Å². The zero-order valence-corrected chi connectivity index (χ0v) is 32.6. The van der Waals surface area contributed by atoms with Gasteiger partial charge in [0.05, 0.1) is 11.0 Å². The SMILES string of the molecule is C=C/C=C\C1=C(/C)C(=C)C/C=C\C=C/CN1c1ccc2c(c1)-c1cc(-c3ccc4c(c3)-c3cc(-n5c(CC)c(/C=C\C)c6ncccc65)ccc3C4)ccc1C2. The average molecular weight is 726 g/mol. The molecule has 6 aromatic rings. The van der Waals surface area contributed by atoms with Crippen molar-refractivity contribution >= 4 is 22.8 Å². The third-order valence-electron chi connectivity index (χ3n) is 11.8. The van der Waals surface area contributed by atoms with Crippen LogP contribution in [0.2, 0.25) is 0 Å². The zero-order chi connectivity index (χ0) is 38.3. The molecule has 0 fully saturated rings. The quantitative estimate of drug-likeness (QED) is 0.153. The summed E-state index contributed by atoms with van der Waals surface area (Å²) < 4.78 is 2.42. The lowest BCUT2D eigenvalue weighted by molar-refractivity contribution is 0.956. The maximum Gasteiger partial charge on any atom is 0.0959 e. The number of anilines is 1. The molecule has 0 unspecified atom stereocenters. The fraction of sp³-hybridized carbons (Fsp3) is 0.151. The highest BCUT2D eigenvalue weighted by atomic mass is 15.1. The molecule has 56 heavy (non-hydrogen) atoms. The second-order valence-corrected chi connectivity index (χ2v) is 15.1. The number of aromatic nitrogens is 2. The molecule has 3 heteroatoms.